The summed E-state index contributed by atoms with van der Waals surface area (Å²) in [5.74, 6) is -0.204. The van der Waals surface area contributed by atoms with E-state index in [2.05, 4.69) is 33.0 Å². The van der Waals surface area contributed by atoms with Gasteiger partial charge in [0.25, 0.3) is 0 Å². The lowest BCUT2D eigenvalue weighted by atomic mass is 9.80. The van der Waals surface area contributed by atoms with E-state index >= 15 is 0 Å². The standard InChI is InChI=1S/C22H35BN2O4/c1-20(2)21(3,4)29-23(28-20)13-9-8-12-22(14-18(24)15-25-22)19(26)27-16-17-10-6-5-7-11-17/h5-7,10-11,18,25H,8-9,12-16,24H2,1-4H3/t18-,22-/m1/s1. The Labute approximate surface area is 175 Å². The minimum absolute atomic E-state index is 0.0256. The van der Waals surface area contributed by atoms with E-state index in [9.17, 15) is 4.79 Å². The van der Waals surface area contributed by atoms with Crippen LogP contribution in [0.15, 0.2) is 30.3 Å². The predicted molar refractivity (Wildman–Crippen MR) is 114 cm³/mol. The summed E-state index contributed by atoms with van der Waals surface area (Å²) in [5, 5.41) is 3.35. The number of carbonyl (C=O) groups is 1. The largest absolute Gasteiger partial charge is 0.459 e. The molecule has 2 aliphatic rings. The summed E-state index contributed by atoms with van der Waals surface area (Å²) in [6, 6.07) is 9.72. The average Bonchev–Trinajstić information content (AvgIpc) is 3.14. The fourth-order valence-electron chi connectivity index (χ4n) is 4.05. The summed E-state index contributed by atoms with van der Waals surface area (Å²) >= 11 is 0. The molecule has 2 fully saturated rings. The molecule has 2 atom stereocenters. The van der Waals surface area contributed by atoms with Gasteiger partial charge in [-0.1, -0.05) is 43.2 Å². The zero-order valence-electron chi connectivity index (χ0n) is 18.2. The third kappa shape index (κ3) is 5.20. The van der Waals surface area contributed by atoms with Crippen molar-refractivity contribution < 1.29 is 18.8 Å². The molecule has 160 valence electrons. The van der Waals surface area contributed by atoms with Crippen LogP contribution >= 0.6 is 0 Å². The van der Waals surface area contributed by atoms with E-state index in [4.69, 9.17) is 19.8 Å². The number of hydrogen-bond donors (Lipinski definition) is 2. The minimum Gasteiger partial charge on any atom is -0.459 e. The van der Waals surface area contributed by atoms with Crippen molar-refractivity contribution in [3.63, 3.8) is 0 Å². The summed E-state index contributed by atoms with van der Waals surface area (Å²) in [6.45, 7) is 9.18. The summed E-state index contributed by atoms with van der Waals surface area (Å²) in [7, 11) is -0.195. The molecule has 2 aliphatic heterocycles. The van der Waals surface area contributed by atoms with Crippen LogP contribution in [-0.4, -0.2) is 42.4 Å². The highest BCUT2D eigenvalue weighted by atomic mass is 16.7. The van der Waals surface area contributed by atoms with Crippen molar-refractivity contribution in [2.75, 3.05) is 6.54 Å². The number of ether oxygens (including phenoxy) is 1. The Kier molecular flexibility index (Phi) is 6.73. The van der Waals surface area contributed by atoms with Gasteiger partial charge in [-0.15, -0.1) is 0 Å². The molecule has 0 unspecified atom stereocenters. The molecular formula is C22H35BN2O4. The van der Waals surface area contributed by atoms with Gasteiger partial charge in [-0.05, 0) is 52.4 Å². The van der Waals surface area contributed by atoms with E-state index in [1.54, 1.807) is 0 Å². The van der Waals surface area contributed by atoms with E-state index in [0.29, 0.717) is 19.4 Å². The molecule has 6 nitrogen and oxygen atoms in total. The Morgan fingerprint density at radius 1 is 1.17 bits per heavy atom. The maximum absolute atomic E-state index is 12.9. The van der Waals surface area contributed by atoms with Crippen molar-refractivity contribution in [3.8, 4) is 0 Å². The van der Waals surface area contributed by atoms with Gasteiger partial charge in [-0.2, -0.15) is 0 Å². The molecule has 2 heterocycles. The molecule has 29 heavy (non-hydrogen) atoms. The van der Waals surface area contributed by atoms with E-state index in [1.165, 1.54) is 0 Å². The Morgan fingerprint density at radius 2 is 1.83 bits per heavy atom. The molecule has 0 aromatic heterocycles. The van der Waals surface area contributed by atoms with Crippen LogP contribution in [0.5, 0.6) is 0 Å². The zero-order valence-corrected chi connectivity index (χ0v) is 18.2. The second kappa shape index (κ2) is 8.76. The fraction of sp³-hybridized carbons (Fsp3) is 0.682. The molecule has 0 radical (unpaired) electrons. The number of benzene rings is 1. The molecule has 3 rings (SSSR count). The number of esters is 1. The maximum Gasteiger partial charge on any atom is 0.457 e. The lowest BCUT2D eigenvalue weighted by Crippen LogP contribution is -2.48. The monoisotopic (exact) mass is 402 g/mol. The Hall–Kier alpha value is -1.41. The third-order valence-corrected chi connectivity index (χ3v) is 6.51. The quantitative estimate of drug-likeness (QED) is 0.395. The molecule has 1 aromatic rings. The van der Waals surface area contributed by atoms with E-state index in [1.807, 2.05) is 30.3 Å². The van der Waals surface area contributed by atoms with Gasteiger partial charge in [0, 0.05) is 12.6 Å². The minimum atomic E-state index is -0.690. The first-order valence-electron chi connectivity index (χ1n) is 10.7. The fourth-order valence-corrected chi connectivity index (χ4v) is 4.05. The van der Waals surface area contributed by atoms with E-state index < -0.39 is 5.54 Å². The van der Waals surface area contributed by atoms with Crippen LogP contribution in [0, 0.1) is 0 Å². The van der Waals surface area contributed by atoms with Crippen LogP contribution in [0.1, 0.15) is 58.9 Å². The van der Waals surface area contributed by atoms with Crippen molar-refractivity contribution in [3.05, 3.63) is 35.9 Å². The number of nitrogens with one attached hydrogen (secondary N) is 1. The van der Waals surface area contributed by atoms with Crippen molar-refractivity contribution >= 4 is 13.1 Å². The van der Waals surface area contributed by atoms with Crippen molar-refractivity contribution in [2.24, 2.45) is 5.73 Å². The first-order chi connectivity index (χ1) is 13.6. The topological polar surface area (TPSA) is 82.8 Å². The van der Waals surface area contributed by atoms with Crippen LogP contribution in [0.4, 0.5) is 0 Å². The first-order valence-corrected chi connectivity index (χ1v) is 10.7. The first kappa shape index (κ1) is 22.3. The normalized spacial score (nSPS) is 27.9. The van der Waals surface area contributed by atoms with Gasteiger partial charge < -0.3 is 25.1 Å². The zero-order chi connectivity index (χ0) is 21.1. The highest BCUT2D eigenvalue weighted by Crippen LogP contribution is 2.38. The van der Waals surface area contributed by atoms with Crippen LogP contribution in [0.2, 0.25) is 6.32 Å². The second-order valence-electron chi connectivity index (χ2n) is 9.42. The molecule has 2 saturated heterocycles. The molecule has 1 aromatic carbocycles. The Bertz CT molecular complexity index is 681. The summed E-state index contributed by atoms with van der Waals surface area (Å²) < 4.78 is 17.8. The van der Waals surface area contributed by atoms with Crippen molar-refractivity contribution in [1.82, 2.24) is 5.32 Å². The molecule has 0 spiro atoms. The molecular weight excluding hydrogens is 367 g/mol. The van der Waals surface area contributed by atoms with Gasteiger partial charge in [0.15, 0.2) is 0 Å². The van der Waals surface area contributed by atoms with Crippen LogP contribution in [-0.2, 0) is 25.4 Å². The number of hydrogen-bond acceptors (Lipinski definition) is 6. The van der Waals surface area contributed by atoms with Crippen molar-refractivity contribution in [2.45, 2.75) is 89.1 Å². The van der Waals surface area contributed by atoms with Gasteiger partial charge in [0.1, 0.15) is 12.1 Å². The van der Waals surface area contributed by atoms with Gasteiger partial charge in [-0.25, -0.2) is 0 Å². The van der Waals surface area contributed by atoms with Gasteiger partial charge in [-0.3, -0.25) is 4.79 Å². The van der Waals surface area contributed by atoms with Gasteiger partial charge in [0.05, 0.1) is 11.2 Å². The molecule has 0 amide bonds. The van der Waals surface area contributed by atoms with Crippen LogP contribution in [0.25, 0.3) is 0 Å². The third-order valence-electron chi connectivity index (χ3n) is 6.51. The molecule has 0 saturated carbocycles. The average molecular weight is 402 g/mol. The molecule has 3 N–H and O–H groups in total. The lowest BCUT2D eigenvalue weighted by molar-refractivity contribution is -0.153. The second-order valence-corrected chi connectivity index (χ2v) is 9.42. The number of nitrogens with two attached hydrogens (primary N) is 1. The van der Waals surface area contributed by atoms with Crippen LogP contribution < -0.4 is 11.1 Å². The highest BCUT2D eigenvalue weighted by Gasteiger charge is 2.50. The molecule has 0 bridgehead atoms. The van der Waals surface area contributed by atoms with Gasteiger partial charge >= 0.3 is 13.1 Å². The summed E-state index contributed by atoms with van der Waals surface area (Å²) in [4.78, 5) is 12.9. The van der Waals surface area contributed by atoms with Crippen LogP contribution in [0.3, 0.4) is 0 Å². The highest BCUT2D eigenvalue weighted by molar-refractivity contribution is 6.45. The molecule has 0 aliphatic carbocycles. The smallest absolute Gasteiger partial charge is 0.457 e. The van der Waals surface area contributed by atoms with Gasteiger partial charge in [0.2, 0.25) is 0 Å². The maximum atomic E-state index is 12.9. The summed E-state index contributed by atoms with van der Waals surface area (Å²) in [5.41, 5.74) is 5.79. The van der Waals surface area contributed by atoms with Crippen molar-refractivity contribution in [1.29, 1.82) is 0 Å². The Balaban J connectivity index is 1.49. The number of unbranched alkanes of at least 4 members (excludes halogenated alkanes) is 1. The summed E-state index contributed by atoms with van der Waals surface area (Å²) in [6.07, 6.45) is 3.92. The number of rotatable bonds is 8. The predicted octanol–water partition coefficient (Wildman–Crippen LogP) is 3.05. The van der Waals surface area contributed by atoms with E-state index in [0.717, 1.165) is 24.7 Å². The van der Waals surface area contributed by atoms with E-state index in [-0.39, 0.29) is 36.9 Å². The SMILES string of the molecule is CC1(C)OB(CCCC[C@]2(C(=O)OCc3ccccc3)C[C@@H](N)CN2)OC1(C)C. The lowest BCUT2D eigenvalue weighted by Gasteiger charge is -2.32. The Morgan fingerprint density at radius 3 is 2.41 bits per heavy atom. The number of carbonyl (C=O) groups excluding carboxylic acids is 1. The molecule has 7 heteroatoms.